The number of carbonyl (C=O) groups is 1. The predicted octanol–water partition coefficient (Wildman–Crippen LogP) is 2.37. The van der Waals surface area contributed by atoms with Gasteiger partial charge in [0.2, 0.25) is 0 Å². The molecule has 3 nitrogen and oxygen atoms in total. The van der Waals surface area contributed by atoms with E-state index in [-0.39, 0.29) is 5.97 Å². The van der Waals surface area contributed by atoms with Crippen LogP contribution in [0, 0.1) is 10.7 Å². The van der Waals surface area contributed by atoms with Crippen LogP contribution >= 0.6 is 22.6 Å². The molecule has 1 aromatic rings. The Bertz CT molecular complexity index is 290. The average Bonchev–Trinajstić information content (AvgIpc) is 2.30. The smallest absolute Gasteiger partial charge is 0.341 e. The van der Waals surface area contributed by atoms with Gasteiger partial charge in [-0.25, -0.2) is 4.79 Å². The lowest BCUT2D eigenvalue weighted by Crippen LogP contribution is -2.04. The summed E-state index contributed by atoms with van der Waals surface area (Å²) >= 11 is 2.01. The number of halogens is 1. The maximum Gasteiger partial charge on any atom is 0.341 e. The highest BCUT2D eigenvalue weighted by Crippen LogP contribution is 2.16. The van der Waals surface area contributed by atoms with Gasteiger partial charge < -0.3 is 9.15 Å². The zero-order chi connectivity index (χ0) is 9.14. The van der Waals surface area contributed by atoms with Crippen molar-refractivity contribution in [3.8, 4) is 0 Å². The third-order valence-corrected chi connectivity index (χ3v) is 1.91. The molecule has 0 unspecified atom stereocenters. The Morgan fingerprint density at radius 3 is 2.83 bits per heavy atom. The van der Waals surface area contributed by atoms with E-state index in [0.717, 1.165) is 0 Å². The number of furan rings is 1. The van der Waals surface area contributed by atoms with Gasteiger partial charge in [0.15, 0.2) is 3.77 Å². The van der Waals surface area contributed by atoms with Gasteiger partial charge in [-0.3, -0.25) is 0 Å². The topological polar surface area (TPSA) is 39.4 Å². The highest BCUT2D eigenvalue weighted by molar-refractivity contribution is 14.1. The molecule has 0 aromatic carbocycles. The maximum atomic E-state index is 11.2. The molecular formula is C8H9IO3. The Labute approximate surface area is 84.2 Å². The van der Waals surface area contributed by atoms with Gasteiger partial charge in [-0.15, -0.1) is 0 Å². The van der Waals surface area contributed by atoms with Crippen molar-refractivity contribution in [2.45, 2.75) is 13.8 Å². The molecule has 66 valence electrons. The third kappa shape index (κ3) is 2.00. The monoisotopic (exact) mass is 280 g/mol. The standard InChI is InChI=1S/C8H9IO3/c1-3-11-8(10)6-4-7(9)12-5(6)2/h4H,3H2,1-2H3. The highest BCUT2D eigenvalue weighted by Gasteiger charge is 2.14. The van der Waals surface area contributed by atoms with Crippen LogP contribution in [0.25, 0.3) is 0 Å². The fraction of sp³-hybridized carbons (Fsp3) is 0.375. The predicted molar refractivity (Wildman–Crippen MR) is 52.1 cm³/mol. The van der Waals surface area contributed by atoms with Gasteiger partial charge in [-0.05, 0) is 36.4 Å². The van der Waals surface area contributed by atoms with E-state index in [1.807, 2.05) is 22.6 Å². The van der Waals surface area contributed by atoms with Gasteiger partial charge in [0.05, 0.1) is 6.61 Å². The van der Waals surface area contributed by atoms with Crippen LogP contribution in [0.3, 0.4) is 0 Å². The summed E-state index contributed by atoms with van der Waals surface area (Å²) in [6.45, 7) is 3.91. The minimum absolute atomic E-state index is 0.318. The van der Waals surface area contributed by atoms with E-state index in [9.17, 15) is 4.79 Å². The number of esters is 1. The Morgan fingerprint density at radius 1 is 1.75 bits per heavy atom. The molecule has 0 amide bonds. The molecule has 0 aliphatic rings. The summed E-state index contributed by atoms with van der Waals surface area (Å²) in [7, 11) is 0. The Hall–Kier alpha value is -0.520. The zero-order valence-corrected chi connectivity index (χ0v) is 9.04. The van der Waals surface area contributed by atoms with Gasteiger partial charge in [0.25, 0.3) is 0 Å². The first kappa shape index (κ1) is 9.57. The van der Waals surface area contributed by atoms with Crippen molar-refractivity contribution in [1.82, 2.24) is 0 Å². The lowest BCUT2D eigenvalue weighted by atomic mass is 10.3. The summed E-state index contributed by atoms with van der Waals surface area (Å²) in [6.07, 6.45) is 0. The van der Waals surface area contributed by atoms with E-state index in [2.05, 4.69) is 0 Å². The lowest BCUT2D eigenvalue weighted by molar-refractivity contribution is 0.0524. The van der Waals surface area contributed by atoms with Crippen molar-refractivity contribution in [3.05, 3.63) is 21.2 Å². The van der Waals surface area contributed by atoms with Crippen LogP contribution in [0.15, 0.2) is 10.5 Å². The Kier molecular flexibility index (Phi) is 3.13. The van der Waals surface area contributed by atoms with Gasteiger partial charge >= 0.3 is 5.97 Å². The van der Waals surface area contributed by atoms with Crippen molar-refractivity contribution >= 4 is 28.6 Å². The molecule has 0 N–H and O–H groups in total. The van der Waals surface area contributed by atoms with Gasteiger partial charge in [0, 0.05) is 6.07 Å². The molecule has 4 heteroatoms. The first-order valence-electron chi connectivity index (χ1n) is 3.58. The van der Waals surface area contributed by atoms with Crippen LogP contribution in [0.1, 0.15) is 23.0 Å². The van der Waals surface area contributed by atoms with Gasteiger partial charge in [0.1, 0.15) is 11.3 Å². The molecule has 0 saturated heterocycles. The molecule has 0 fully saturated rings. The molecule has 0 radical (unpaired) electrons. The van der Waals surface area contributed by atoms with Crippen molar-refractivity contribution in [1.29, 1.82) is 0 Å². The van der Waals surface area contributed by atoms with Gasteiger partial charge in [-0.1, -0.05) is 0 Å². The SMILES string of the molecule is CCOC(=O)c1cc(I)oc1C. The first-order chi connectivity index (χ1) is 5.65. The summed E-state index contributed by atoms with van der Waals surface area (Å²) < 4.78 is 10.7. The van der Waals surface area contributed by atoms with E-state index in [1.54, 1.807) is 19.9 Å². The average molecular weight is 280 g/mol. The van der Waals surface area contributed by atoms with E-state index < -0.39 is 0 Å². The van der Waals surface area contributed by atoms with Crippen molar-refractivity contribution in [2.24, 2.45) is 0 Å². The summed E-state index contributed by atoms with van der Waals surface area (Å²) in [4.78, 5) is 11.2. The number of hydrogen-bond donors (Lipinski definition) is 0. The molecule has 0 spiro atoms. The number of carbonyl (C=O) groups excluding carboxylic acids is 1. The molecule has 1 aromatic heterocycles. The number of rotatable bonds is 2. The zero-order valence-electron chi connectivity index (χ0n) is 6.89. The van der Waals surface area contributed by atoms with Crippen LogP contribution in [0.5, 0.6) is 0 Å². The molecule has 0 aliphatic heterocycles. The number of hydrogen-bond acceptors (Lipinski definition) is 3. The van der Waals surface area contributed by atoms with Crippen LogP contribution in [-0.4, -0.2) is 12.6 Å². The van der Waals surface area contributed by atoms with Crippen molar-refractivity contribution < 1.29 is 13.9 Å². The molecule has 12 heavy (non-hydrogen) atoms. The quantitative estimate of drug-likeness (QED) is 0.616. The number of aryl methyl sites for hydroxylation is 1. The lowest BCUT2D eigenvalue weighted by Gasteiger charge is -1.97. The second kappa shape index (κ2) is 3.93. The molecule has 1 heterocycles. The molecule has 0 saturated carbocycles. The van der Waals surface area contributed by atoms with Crippen LogP contribution in [0.4, 0.5) is 0 Å². The normalized spacial score (nSPS) is 9.92. The third-order valence-electron chi connectivity index (χ3n) is 1.38. The van der Waals surface area contributed by atoms with Crippen molar-refractivity contribution in [3.63, 3.8) is 0 Å². The summed E-state index contributed by atoms with van der Waals surface area (Å²) in [5.74, 6) is 0.291. The Morgan fingerprint density at radius 2 is 2.42 bits per heavy atom. The summed E-state index contributed by atoms with van der Waals surface area (Å²) in [5.41, 5.74) is 0.515. The van der Waals surface area contributed by atoms with E-state index in [1.165, 1.54) is 0 Å². The minimum atomic E-state index is -0.318. The Balaban J connectivity index is 2.87. The largest absolute Gasteiger partial charge is 0.462 e. The van der Waals surface area contributed by atoms with E-state index in [0.29, 0.717) is 21.7 Å². The molecule has 0 atom stereocenters. The van der Waals surface area contributed by atoms with E-state index in [4.69, 9.17) is 9.15 Å². The fourth-order valence-electron chi connectivity index (χ4n) is 0.857. The molecule has 0 bridgehead atoms. The minimum Gasteiger partial charge on any atom is -0.462 e. The van der Waals surface area contributed by atoms with Crippen LogP contribution in [0.2, 0.25) is 0 Å². The molecule has 1 rings (SSSR count). The second-order valence-electron chi connectivity index (χ2n) is 2.24. The maximum absolute atomic E-state index is 11.2. The highest BCUT2D eigenvalue weighted by atomic mass is 127. The second-order valence-corrected chi connectivity index (χ2v) is 3.30. The van der Waals surface area contributed by atoms with Crippen molar-refractivity contribution in [2.75, 3.05) is 6.61 Å². The van der Waals surface area contributed by atoms with Gasteiger partial charge in [-0.2, -0.15) is 0 Å². The fourth-order valence-corrected chi connectivity index (χ4v) is 1.50. The van der Waals surface area contributed by atoms with Crippen LogP contribution < -0.4 is 0 Å². The number of ether oxygens (including phenoxy) is 1. The van der Waals surface area contributed by atoms with E-state index >= 15 is 0 Å². The molecular weight excluding hydrogens is 271 g/mol. The first-order valence-corrected chi connectivity index (χ1v) is 4.66. The summed E-state index contributed by atoms with van der Waals surface area (Å²) in [6, 6.07) is 1.67. The van der Waals surface area contributed by atoms with Crippen LogP contribution in [-0.2, 0) is 4.74 Å². The molecule has 0 aliphatic carbocycles. The summed E-state index contributed by atoms with van der Waals surface area (Å²) in [5, 5.41) is 0.